The van der Waals surface area contributed by atoms with Gasteiger partial charge in [0.1, 0.15) is 6.16 Å². The molecule has 0 radical (unpaired) electrons. The van der Waals surface area contributed by atoms with Crippen molar-refractivity contribution in [1.29, 1.82) is 0 Å². The molecule has 0 aliphatic rings. The third-order valence-electron chi connectivity index (χ3n) is 1.09. The van der Waals surface area contributed by atoms with Crippen molar-refractivity contribution in [1.82, 2.24) is 0 Å². The Labute approximate surface area is 62.6 Å². The summed E-state index contributed by atoms with van der Waals surface area (Å²) in [4.78, 5) is 0. The average molecular weight is 168 g/mol. The topological polar surface area (TPSA) is 17.1 Å². The van der Waals surface area contributed by atoms with Crippen LogP contribution in [0.25, 0.3) is 0 Å². The van der Waals surface area contributed by atoms with Crippen LogP contribution in [0.2, 0.25) is 0 Å². The zero-order chi connectivity index (χ0) is 7.11. The molecule has 0 aliphatic carbocycles. The molecule has 3 heteroatoms. The lowest BCUT2D eigenvalue weighted by Gasteiger charge is -1.82. The summed E-state index contributed by atoms with van der Waals surface area (Å²) >= 11 is 5.39. The number of hydrogen-bond donors (Lipinski definition) is 0. The first-order valence-corrected chi connectivity index (χ1v) is 5.45. The predicted octanol–water partition coefficient (Wildman–Crippen LogP) is 2.85. The minimum Gasteiger partial charge on any atom is -0.122 e. The quantitative estimate of drug-likeness (QED) is 0.455. The Kier molecular flexibility index (Phi) is 6.79. The van der Waals surface area contributed by atoms with Gasteiger partial charge >= 0.3 is 7.80 Å². The van der Waals surface area contributed by atoms with Gasteiger partial charge in [-0.05, 0) is 6.42 Å². The lowest BCUT2D eigenvalue weighted by atomic mass is 10.4. The van der Waals surface area contributed by atoms with Crippen LogP contribution in [0.1, 0.15) is 19.8 Å². The van der Waals surface area contributed by atoms with E-state index in [1.807, 2.05) is 0 Å². The molecule has 0 bridgehead atoms. The highest BCUT2D eigenvalue weighted by molar-refractivity contribution is 7.44. The number of halogens is 1. The molecule has 1 unspecified atom stereocenters. The molecule has 0 saturated heterocycles. The van der Waals surface area contributed by atoms with Gasteiger partial charge in [0.15, 0.2) is 6.16 Å². The maximum Gasteiger partial charge on any atom is 0.339 e. The van der Waals surface area contributed by atoms with E-state index in [0.29, 0.717) is 12.0 Å². The van der Waals surface area contributed by atoms with Crippen molar-refractivity contribution in [3.8, 4) is 0 Å². The van der Waals surface area contributed by atoms with Crippen LogP contribution in [0.15, 0.2) is 0 Å². The van der Waals surface area contributed by atoms with Gasteiger partial charge in [0.25, 0.3) is 0 Å². The molecule has 1 atom stereocenters. The van der Waals surface area contributed by atoms with Crippen LogP contribution in [0.5, 0.6) is 0 Å². The standard InChI is InChI=1S/C6H13ClOP/c1-2-3-5-9(8)6-4-7/h2-6H2,1H3/q+1. The molecule has 0 amide bonds. The molecule has 0 aromatic heterocycles. The normalized spacial score (nSPS) is 11.6. The van der Waals surface area contributed by atoms with Crippen molar-refractivity contribution >= 4 is 19.4 Å². The van der Waals surface area contributed by atoms with E-state index in [9.17, 15) is 4.57 Å². The minimum atomic E-state index is -0.968. The van der Waals surface area contributed by atoms with Crippen LogP contribution in [-0.4, -0.2) is 18.2 Å². The van der Waals surface area contributed by atoms with Gasteiger partial charge in [0.2, 0.25) is 0 Å². The summed E-state index contributed by atoms with van der Waals surface area (Å²) < 4.78 is 10.9. The zero-order valence-electron chi connectivity index (χ0n) is 5.77. The first kappa shape index (κ1) is 9.39. The van der Waals surface area contributed by atoms with E-state index in [4.69, 9.17) is 11.6 Å². The molecule has 0 fully saturated rings. The summed E-state index contributed by atoms with van der Waals surface area (Å²) in [6.07, 6.45) is 3.75. The van der Waals surface area contributed by atoms with Crippen molar-refractivity contribution < 1.29 is 4.57 Å². The molecule has 0 N–H and O–H groups in total. The monoisotopic (exact) mass is 167 g/mol. The first-order valence-electron chi connectivity index (χ1n) is 3.29. The molecule has 0 heterocycles. The predicted molar refractivity (Wildman–Crippen MR) is 43.0 cm³/mol. The molecular formula is C6H13ClOP+. The van der Waals surface area contributed by atoms with Crippen molar-refractivity contribution in [2.24, 2.45) is 0 Å². The molecular weight excluding hydrogens is 154 g/mol. The van der Waals surface area contributed by atoms with Crippen molar-refractivity contribution in [3.63, 3.8) is 0 Å². The number of hydrogen-bond acceptors (Lipinski definition) is 1. The third kappa shape index (κ3) is 6.27. The Bertz CT molecular complexity index is 85.1. The SMILES string of the molecule is CCCC[P+](=O)CCCl. The molecule has 1 nitrogen and oxygen atoms in total. The van der Waals surface area contributed by atoms with E-state index in [1.165, 1.54) is 0 Å². The Morgan fingerprint density at radius 3 is 2.56 bits per heavy atom. The van der Waals surface area contributed by atoms with E-state index in [-0.39, 0.29) is 0 Å². The lowest BCUT2D eigenvalue weighted by molar-refractivity contribution is 0.586. The smallest absolute Gasteiger partial charge is 0.122 e. The van der Waals surface area contributed by atoms with Crippen LogP contribution in [0, 0.1) is 0 Å². The molecule has 0 spiro atoms. The molecule has 0 aliphatic heterocycles. The molecule has 0 aromatic carbocycles. The van der Waals surface area contributed by atoms with E-state index in [1.54, 1.807) is 0 Å². The van der Waals surface area contributed by atoms with Crippen LogP contribution in [-0.2, 0) is 4.57 Å². The summed E-state index contributed by atoms with van der Waals surface area (Å²) in [6, 6.07) is 0. The fourth-order valence-corrected chi connectivity index (χ4v) is 2.19. The summed E-state index contributed by atoms with van der Waals surface area (Å²) in [5.41, 5.74) is 0. The molecule has 0 saturated carbocycles. The average Bonchev–Trinajstić information content (AvgIpc) is 1.85. The highest BCUT2D eigenvalue weighted by atomic mass is 35.5. The second kappa shape index (κ2) is 6.51. The van der Waals surface area contributed by atoms with Gasteiger partial charge in [-0.25, -0.2) is 0 Å². The zero-order valence-corrected chi connectivity index (χ0v) is 7.42. The fourth-order valence-electron chi connectivity index (χ4n) is 0.541. The summed E-state index contributed by atoms with van der Waals surface area (Å²) in [7, 11) is -0.968. The molecule has 0 rings (SSSR count). The van der Waals surface area contributed by atoms with E-state index in [0.717, 1.165) is 19.0 Å². The molecule has 54 valence electrons. The highest BCUT2D eigenvalue weighted by Gasteiger charge is 2.11. The lowest BCUT2D eigenvalue weighted by Crippen LogP contribution is -1.83. The van der Waals surface area contributed by atoms with Gasteiger partial charge in [-0.3, -0.25) is 0 Å². The van der Waals surface area contributed by atoms with Crippen molar-refractivity contribution in [3.05, 3.63) is 0 Å². The summed E-state index contributed by atoms with van der Waals surface area (Å²) in [6.45, 7) is 2.10. The van der Waals surface area contributed by atoms with Gasteiger partial charge in [0, 0.05) is 0 Å². The second-order valence-corrected chi connectivity index (χ2v) is 4.21. The van der Waals surface area contributed by atoms with E-state index < -0.39 is 7.80 Å². The van der Waals surface area contributed by atoms with E-state index >= 15 is 0 Å². The fraction of sp³-hybridized carbons (Fsp3) is 1.00. The summed E-state index contributed by atoms with van der Waals surface area (Å²) in [5.74, 6) is 0.541. The Morgan fingerprint density at radius 1 is 1.44 bits per heavy atom. The molecule has 0 aromatic rings. The minimum absolute atomic E-state index is 0.541. The van der Waals surface area contributed by atoms with E-state index in [2.05, 4.69) is 6.92 Å². The second-order valence-electron chi connectivity index (χ2n) is 1.97. The first-order chi connectivity index (χ1) is 4.31. The van der Waals surface area contributed by atoms with Crippen LogP contribution >= 0.6 is 19.4 Å². The van der Waals surface area contributed by atoms with Gasteiger partial charge in [-0.2, -0.15) is 0 Å². The Morgan fingerprint density at radius 2 is 2.11 bits per heavy atom. The molecule has 9 heavy (non-hydrogen) atoms. The van der Waals surface area contributed by atoms with Crippen molar-refractivity contribution in [2.45, 2.75) is 19.8 Å². The van der Waals surface area contributed by atoms with Gasteiger partial charge < -0.3 is 0 Å². The number of alkyl halides is 1. The van der Waals surface area contributed by atoms with Gasteiger partial charge in [-0.15, -0.1) is 11.6 Å². The van der Waals surface area contributed by atoms with Gasteiger partial charge in [0.05, 0.1) is 5.88 Å². The number of rotatable bonds is 5. The Balaban J connectivity index is 3.06. The van der Waals surface area contributed by atoms with Crippen LogP contribution in [0.4, 0.5) is 0 Å². The van der Waals surface area contributed by atoms with Gasteiger partial charge in [-0.1, -0.05) is 17.9 Å². The third-order valence-corrected chi connectivity index (χ3v) is 3.08. The Hall–Kier alpha value is 0.390. The maximum absolute atomic E-state index is 10.9. The highest BCUT2D eigenvalue weighted by Crippen LogP contribution is 2.21. The number of unbranched alkanes of at least 4 members (excludes halogenated alkanes) is 1. The van der Waals surface area contributed by atoms with Crippen LogP contribution in [0.3, 0.4) is 0 Å². The maximum atomic E-state index is 10.9. The largest absolute Gasteiger partial charge is 0.339 e. The summed E-state index contributed by atoms with van der Waals surface area (Å²) in [5, 5.41) is 0. The van der Waals surface area contributed by atoms with Crippen LogP contribution < -0.4 is 0 Å². The van der Waals surface area contributed by atoms with Crippen molar-refractivity contribution in [2.75, 3.05) is 18.2 Å².